The Labute approximate surface area is 136 Å². The number of rotatable bonds is 5. The van der Waals surface area contributed by atoms with Crippen molar-refractivity contribution in [2.45, 2.75) is 32.1 Å². The van der Waals surface area contributed by atoms with E-state index in [0.29, 0.717) is 18.7 Å². The van der Waals surface area contributed by atoms with Crippen molar-refractivity contribution in [1.82, 2.24) is 9.97 Å². The quantitative estimate of drug-likeness (QED) is 0.922. The van der Waals surface area contributed by atoms with Gasteiger partial charge in [0.2, 0.25) is 5.91 Å². The lowest BCUT2D eigenvalue weighted by Crippen LogP contribution is -2.29. The molecule has 23 heavy (non-hydrogen) atoms. The lowest BCUT2D eigenvalue weighted by atomic mass is 10.1. The number of hydrogen-bond donors (Lipinski definition) is 1. The number of anilines is 2. The zero-order chi connectivity index (χ0) is 15.9. The average molecular weight is 310 g/mol. The highest BCUT2D eigenvalue weighted by atomic mass is 16.1. The highest BCUT2D eigenvalue weighted by molar-refractivity contribution is 5.89. The summed E-state index contributed by atoms with van der Waals surface area (Å²) in [5.41, 5.74) is 2.20. The van der Waals surface area contributed by atoms with Crippen LogP contribution < -0.4 is 10.2 Å². The van der Waals surface area contributed by atoms with Crippen LogP contribution in [-0.2, 0) is 11.2 Å². The number of carbonyl (C=O) groups is 1. The molecule has 0 aromatic carbocycles. The fraction of sp³-hybridized carbons (Fsp3) is 0.389. The monoisotopic (exact) mass is 310 g/mol. The van der Waals surface area contributed by atoms with Crippen LogP contribution in [0.4, 0.5) is 11.5 Å². The molecule has 0 saturated carbocycles. The summed E-state index contributed by atoms with van der Waals surface area (Å²) in [6.07, 6.45) is 10.3. The third-order valence-electron chi connectivity index (χ3n) is 4.10. The molecule has 1 N–H and O–H groups in total. The zero-order valence-electron chi connectivity index (χ0n) is 13.2. The van der Waals surface area contributed by atoms with Gasteiger partial charge in [-0.2, -0.15) is 0 Å². The molecule has 1 aliphatic rings. The number of hydrogen-bond acceptors (Lipinski definition) is 4. The first-order valence-corrected chi connectivity index (χ1v) is 8.21. The average Bonchev–Trinajstić information content (AvgIpc) is 2.62. The number of amides is 1. The summed E-state index contributed by atoms with van der Waals surface area (Å²) >= 11 is 0. The van der Waals surface area contributed by atoms with Gasteiger partial charge in [-0.1, -0.05) is 6.07 Å². The summed E-state index contributed by atoms with van der Waals surface area (Å²) in [4.78, 5) is 22.8. The molecule has 0 atom stereocenters. The van der Waals surface area contributed by atoms with Crippen LogP contribution in [0, 0.1) is 0 Å². The second kappa shape index (κ2) is 7.72. The van der Waals surface area contributed by atoms with E-state index in [-0.39, 0.29) is 5.91 Å². The van der Waals surface area contributed by atoms with E-state index in [1.165, 1.54) is 19.3 Å². The Bertz CT molecular complexity index is 621. The smallest absolute Gasteiger partial charge is 0.225 e. The first kappa shape index (κ1) is 15.5. The maximum Gasteiger partial charge on any atom is 0.225 e. The van der Waals surface area contributed by atoms with E-state index in [0.717, 1.165) is 24.3 Å². The largest absolute Gasteiger partial charge is 0.370 e. The van der Waals surface area contributed by atoms with Crippen LogP contribution in [0.3, 0.4) is 0 Å². The highest BCUT2D eigenvalue weighted by Gasteiger charge is 2.11. The number of aromatic nitrogens is 2. The van der Waals surface area contributed by atoms with Crippen LogP contribution in [0.1, 0.15) is 31.2 Å². The van der Waals surface area contributed by atoms with Gasteiger partial charge in [0.15, 0.2) is 0 Å². The minimum Gasteiger partial charge on any atom is -0.370 e. The summed E-state index contributed by atoms with van der Waals surface area (Å²) in [5, 5.41) is 2.85. The number of piperidine rings is 1. The number of nitrogens with one attached hydrogen (secondary N) is 1. The first-order chi connectivity index (χ1) is 11.3. The van der Waals surface area contributed by atoms with Crippen molar-refractivity contribution in [2.24, 2.45) is 0 Å². The van der Waals surface area contributed by atoms with Crippen molar-refractivity contribution in [3.05, 3.63) is 48.4 Å². The van der Waals surface area contributed by atoms with E-state index < -0.39 is 0 Å². The maximum absolute atomic E-state index is 12.0. The van der Waals surface area contributed by atoms with E-state index in [9.17, 15) is 4.79 Å². The fourth-order valence-corrected chi connectivity index (χ4v) is 2.81. The van der Waals surface area contributed by atoms with E-state index in [2.05, 4.69) is 20.2 Å². The number of nitrogens with zero attached hydrogens (tertiary/aromatic N) is 3. The van der Waals surface area contributed by atoms with Crippen LogP contribution >= 0.6 is 0 Å². The summed E-state index contributed by atoms with van der Waals surface area (Å²) in [6, 6.07) is 7.78. The van der Waals surface area contributed by atoms with Crippen molar-refractivity contribution in [1.29, 1.82) is 0 Å². The molecule has 1 saturated heterocycles. The molecule has 5 heteroatoms. The Morgan fingerprint density at radius 1 is 1.13 bits per heavy atom. The first-order valence-electron chi connectivity index (χ1n) is 8.21. The second-order valence-corrected chi connectivity index (χ2v) is 5.86. The molecule has 120 valence electrons. The zero-order valence-corrected chi connectivity index (χ0v) is 13.2. The van der Waals surface area contributed by atoms with E-state index in [4.69, 9.17) is 0 Å². The molecular weight excluding hydrogens is 288 g/mol. The number of pyridine rings is 2. The van der Waals surface area contributed by atoms with Gasteiger partial charge in [0.25, 0.3) is 0 Å². The SMILES string of the molecule is O=C(CCc1cccnc1)Nc1ccc(N2CCCCC2)cn1. The molecule has 0 bridgehead atoms. The molecule has 0 aliphatic carbocycles. The summed E-state index contributed by atoms with van der Waals surface area (Å²) in [7, 11) is 0. The molecule has 0 spiro atoms. The molecule has 0 unspecified atom stereocenters. The van der Waals surface area contributed by atoms with Gasteiger partial charge in [-0.05, 0) is 49.4 Å². The minimum atomic E-state index is -0.0212. The van der Waals surface area contributed by atoms with Gasteiger partial charge in [-0.3, -0.25) is 9.78 Å². The van der Waals surface area contributed by atoms with Crippen molar-refractivity contribution < 1.29 is 4.79 Å². The summed E-state index contributed by atoms with van der Waals surface area (Å²) in [5.74, 6) is 0.592. The standard InChI is InChI=1S/C18H22N4O/c23-18(9-6-15-5-4-10-19-13-15)21-17-8-7-16(14-20-17)22-11-2-1-3-12-22/h4-5,7-8,10,13-14H,1-3,6,9,11-12H2,(H,20,21,23). The number of carbonyl (C=O) groups excluding carboxylic acids is 1. The lowest BCUT2D eigenvalue weighted by Gasteiger charge is -2.28. The molecule has 1 amide bonds. The molecule has 1 fully saturated rings. The second-order valence-electron chi connectivity index (χ2n) is 5.86. The van der Waals surface area contributed by atoms with Gasteiger partial charge in [-0.15, -0.1) is 0 Å². The Morgan fingerprint density at radius 3 is 2.70 bits per heavy atom. The van der Waals surface area contributed by atoms with Crippen LogP contribution in [0.2, 0.25) is 0 Å². The molecule has 3 heterocycles. The predicted molar refractivity (Wildman–Crippen MR) is 91.5 cm³/mol. The molecule has 3 rings (SSSR count). The molecule has 1 aliphatic heterocycles. The van der Waals surface area contributed by atoms with Gasteiger partial charge in [0.05, 0.1) is 11.9 Å². The van der Waals surface area contributed by atoms with Crippen LogP contribution in [-0.4, -0.2) is 29.0 Å². The third kappa shape index (κ3) is 4.52. The third-order valence-corrected chi connectivity index (χ3v) is 4.10. The molecule has 0 radical (unpaired) electrons. The highest BCUT2D eigenvalue weighted by Crippen LogP contribution is 2.20. The maximum atomic E-state index is 12.0. The van der Waals surface area contributed by atoms with Crippen molar-refractivity contribution in [3.8, 4) is 0 Å². The van der Waals surface area contributed by atoms with Gasteiger partial charge in [0, 0.05) is 31.9 Å². The van der Waals surface area contributed by atoms with Gasteiger partial charge in [-0.25, -0.2) is 4.98 Å². The Hall–Kier alpha value is -2.43. The van der Waals surface area contributed by atoms with Crippen molar-refractivity contribution in [3.63, 3.8) is 0 Å². The Morgan fingerprint density at radius 2 is 2.00 bits per heavy atom. The molecular formula is C18H22N4O. The van der Waals surface area contributed by atoms with Gasteiger partial charge < -0.3 is 10.2 Å². The van der Waals surface area contributed by atoms with E-state index in [1.807, 2.05) is 30.5 Å². The summed E-state index contributed by atoms with van der Waals surface area (Å²) < 4.78 is 0. The van der Waals surface area contributed by atoms with E-state index >= 15 is 0 Å². The Balaban J connectivity index is 1.50. The Kier molecular flexibility index (Phi) is 5.19. The normalized spacial score (nSPS) is 14.5. The van der Waals surface area contributed by atoms with Crippen LogP contribution in [0.25, 0.3) is 0 Å². The minimum absolute atomic E-state index is 0.0212. The predicted octanol–water partition coefficient (Wildman–Crippen LogP) is 3.04. The number of aryl methyl sites for hydroxylation is 1. The topological polar surface area (TPSA) is 58.1 Å². The van der Waals surface area contributed by atoms with Gasteiger partial charge in [0.1, 0.15) is 5.82 Å². The fourth-order valence-electron chi connectivity index (χ4n) is 2.81. The van der Waals surface area contributed by atoms with Crippen molar-refractivity contribution in [2.75, 3.05) is 23.3 Å². The molecule has 2 aromatic heterocycles. The van der Waals surface area contributed by atoms with Crippen LogP contribution in [0.5, 0.6) is 0 Å². The summed E-state index contributed by atoms with van der Waals surface area (Å²) in [6.45, 7) is 2.19. The van der Waals surface area contributed by atoms with Gasteiger partial charge >= 0.3 is 0 Å². The molecule has 2 aromatic rings. The lowest BCUT2D eigenvalue weighted by molar-refractivity contribution is -0.116. The van der Waals surface area contributed by atoms with Crippen molar-refractivity contribution >= 4 is 17.4 Å². The molecule has 5 nitrogen and oxygen atoms in total. The van der Waals surface area contributed by atoms with E-state index in [1.54, 1.807) is 12.4 Å². The van der Waals surface area contributed by atoms with Crippen LogP contribution in [0.15, 0.2) is 42.9 Å².